The number of carbonyl (C=O) groups is 1. The Morgan fingerprint density at radius 2 is 1.82 bits per heavy atom. The van der Waals surface area contributed by atoms with Gasteiger partial charge in [0.25, 0.3) is 0 Å². The third kappa shape index (κ3) is 4.53. The van der Waals surface area contributed by atoms with E-state index in [0.717, 1.165) is 42.0 Å². The van der Waals surface area contributed by atoms with Crippen LogP contribution in [-0.2, 0) is 11.3 Å². The van der Waals surface area contributed by atoms with E-state index >= 15 is 0 Å². The number of aromatic nitrogens is 2. The zero-order valence-corrected chi connectivity index (χ0v) is 17.2. The van der Waals surface area contributed by atoms with Crippen LogP contribution in [0, 0.1) is 13.8 Å². The van der Waals surface area contributed by atoms with Crippen LogP contribution < -0.4 is 10.1 Å². The number of rotatable bonds is 8. The fraction of sp³-hybridized carbons (Fsp3) is 0.391. The SMILES string of the molecule is CC(=O)NC(C)c1nc2ccccc2n1CCCCOc1c(C)cccc1C. The molecule has 1 heterocycles. The molecule has 0 bridgehead atoms. The Labute approximate surface area is 166 Å². The molecular formula is C23H29N3O2. The van der Waals surface area contributed by atoms with Crippen molar-refractivity contribution in [3.63, 3.8) is 0 Å². The van der Waals surface area contributed by atoms with Crippen LogP contribution in [0.1, 0.15) is 49.7 Å². The van der Waals surface area contributed by atoms with Gasteiger partial charge in [0, 0.05) is 13.5 Å². The van der Waals surface area contributed by atoms with Crippen LogP contribution in [-0.4, -0.2) is 22.1 Å². The first-order chi connectivity index (χ1) is 13.5. The van der Waals surface area contributed by atoms with E-state index in [2.05, 4.69) is 48.0 Å². The number of amides is 1. The van der Waals surface area contributed by atoms with Gasteiger partial charge in [-0.2, -0.15) is 0 Å². The topological polar surface area (TPSA) is 56.2 Å². The van der Waals surface area contributed by atoms with Gasteiger partial charge < -0.3 is 14.6 Å². The number of benzene rings is 2. The van der Waals surface area contributed by atoms with Gasteiger partial charge in [0.1, 0.15) is 11.6 Å². The summed E-state index contributed by atoms with van der Waals surface area (Å²) in [5.41, 5.74) is 4.41. The molecule has 0 radical (unpaired) electrons. The van der Waals surface area contributed by atoms with Gasteiger partial charge in [0.2, 0.25) is 5.91 Å². The largest absolute Gasteiger partial charge is 0.493 e. The fourth-order valence-corrected chi connectivity index (χ4v) is 3.60. The van der Waals surface area contributed by atoms with Crippen LogP contribution in [0.4, 0.5) is 0 Å². The summed E-state index contributed by atoms with van der Waals surface area (Å²) in [6, 6.07) is 14.2. The number of para-hydroxylation sites is 3. The minimum Gasteiger partial charge on any atom is -0.493 e. The Morgan fingerprint density at radius 3 is 2.54 bits per heavy atom. The monoisotopic (exact) mass is 379 g/mol. The molecule has 1 unspecified atom stereocenters. The van der Waals surface area contributed by atoms with Crippen molar-refractivity contribution in [3.8, 4) is 5.75 Å². The van der Waals surface area contributed by atoms with E-state index in [9.17, 15) is 4.79 Å². The highest BCUT2D eigenvalue weighted by Gasteiger charge is 2.17. The molecule has 1 amide bonds. The summed E-state index contributed by atoms with van der Waals surface area (Å²) in [7, 11) is 0. The number of ether oxygens (including phenoxy) is 1. The standard InChI is InChI=1S/C23H29N3O2/c1-16-10-9-11-17(2)22(16)28-15-8-7-14-26-21-13-6-5-12-20(21)25-23(26)18(3)24-19(4)27/h5-6,9-13,18H,7-8,14-15H2,1-4H3,(H,24,27). The van der Waals surface area contributed by atoms with Crippen LogP contribution in [0.15, 0.2) is 42.5 Å². The first-order valence-electron chi connectivity index (χ1n) is 9.88. The predicted molar refractivity (Wildman–Crippen MR) is 113 cm³/mol. The lowest BCUT2D eigenvalue weighted by Gasteiger charge is -2.16. The van der Waals surface area contributed by atoms with Crippen LogP contribution in [0.5, 0.6) is 5.75 Å². The third-order valence-corrected chi connectivity index (χ3v) is 4.92. The number of unbranched alkanes of at least 4 members (excludes halogenated alkanes) is 1. The number of hydrogen-bond acceptors (Lipinski definition) is 3. The second-order valence-corrected chi connectivity index (χ2v) is 7.31. The Morgan fingerprint density at radius 1 is 1.11 bits per heavy atom. The van der Waals surface area contributed by atoms with Crippen molar-refractivity contribution < 1.29 is 9.53 Å². The van der Waals surface area contributed by atoms with E-state index in [0.29, 0.717) is 6.61 Å². The molecule has 3 aromatic rings. The number of aryl methyl sites for hydroxylation is 3. The first kappa shape index (κ1) is 19.9. The maximum atomic E-state index is 11.5. The van der Waals surface area contributed by atoms with E-state index < -0.39 is 0 Å². The quantitative estimate of drug-likeness (QED) is 0.577. The molecule has 0 spiro atoms. The number of imidazole rings is 1. The Kier molecular flexibility index (Phi) is 6.34. The summed E-state index contributed by atoms with van der Waals surface area (Å²) >= 11 is 0. The molecule has 5 nitrogen and oxygen atoms in total. The molecule has 0 aliphatic rings. The maximum Gasteiger partial charge on any atom is 0.217 e. The summed E-state index contributed by atoms with van der Waals surface area (Å²) in [5, 5.41) is 2.95. The van der Waals surface area contributed by atoms with Gasteiger partial charge >= 0.3 is 0 Å². The smallest absolute Gasteiger partial charge is 0.217 e. The van der Waals surface area contributed by atoms with Crippen molar-refractivity contribution in [2.24, 2.45) is 0 Å². The van der Waals surface area contributed by atoms with E-state index in [1.165, 1.54) is 18.1 Å². The lowest BCUT2D eigenvalue weighted by Crippen LogP contribution is -2.26. The van der Waals surface area contributed by atoms with Crippen molar-refractivity contribution in [2.45, 2.75) is 53.1 Å². The Balaban J connectivity index is 1.65. The van der Waals surface area contributed by atoms with Crippen molar-refractivity contribution in [2.75, 3.05) is 6.61 Å². The number of fused-ring (bicyclic) bond motifs is 1. The molecule has 0 aliphatic carbocycles. The van der Waals surface area contributed by atoms with Crippen LogP contribution in [0.3, 0.4) is 0 Å². The van der Waals surface area contributed by atoms with E-state index in [1.54, 1.807) is 0 Å². The molecule has 0 aliphatic heterocycles. The number of hydrogen-bond donors (Lipinski definition) is 1. The molecular weight excluding hydrogens is 350 g/mol. The second kappa shape index (κ2) is 8.91. The molecule has 28 heavy (non-hydrogen) atoms. The van der Waals surface area contributed by atoms with E-state index in [1.807, 2.05) is 25.1 Å². The molecule has 5 heteroatoms. The molecule has 148 valence electrons. The predicted octanol–water partition coefficient (Wildman–Crippen LogP) is 4.71. The molecule has 0 fully saturated rings. The highest BCUT2D eigenvalue weighted by molar-refractivity contribution is 5.77. The van der Waals surface area contributed by atoms with E-state index in [-0.39, 0.29) is 11.9 Å². The van der Waals surface area contributed by atoms with Gasteiger partial charge in [0.05, 0.1) is 23.7 Å². The van der Waals surface area contributed by atoms with E-state index in [4.69, 9.17) is 9.72 Å². The molecule has 2 aromatic carbocycles. The van der Waals surface area contributed by atoms with Crippen molar-refractivity contribution in [1.29, 1.82) is 0 Å². The van der Waals surface area contributed by atoms with Gasteiger partial charge in [-0.15, -0.1) is 0 Å². The Hall–Kier alpha value is -2.82. The van der Waals surface area contributed by atoms with Gasteiger partial charge in [-0.1, -0.05) is 30.3 Å². The van der Waals surface area contributed by atoms with Gasteiger partial charge in [-0.3, -0.25) is 4.79 Å². The molecule has 1 aromatic heterocycles. The Bertz CT molecular complexity index is 941. The van der Waals surface area contributed by atoms with Crippen LogP contribution in [0.2, 0.25) is 0 Å². The van der Waals surface area contributed by atoms with Crippen molar-refractivity contribution in [3.05, 3.63) is 59.4 Å². The number of nitrogens with one attached hydrogen (secondary N) is 1. The average Bonchev–Trinajstić information content (AvgIpc) is 3.02. The minimum atomic E-state index is -0.129. The van der Waals surface area contributed by atoms with Gasteiger partial charge in [-0.05, 0) is 56.9 Å². The molecule has 3 rings (SSSR count). The summed E-state index contributed by atoms with van der Waals surface area (Å²) in [6.45, 7) is 9.20. The van der Waals surface area contributed by atoms with Crippen molar-refractivity contribution in [1.82, 2.24) is 14.9 Å². The first-order valence-corrected chi connectivity index (χ1v) is 9.88. The summed E-state index contributed by atoms with van der Waals surface area (Å²) in [6.07, 6.45) is 1.93. The summed E-state index contributed by atoms with van der Waals surface area (Å²) in [5.74, 6) is 1.84. The summed E-state index contributed by atoms with van der Waals surface area (Å²) < 4.78 is 8.24. The molecule has 1 N–H and O–H groups in total. The van der Waals surface area contributed by atoms with Gasteiger partial charge in [0.15, 0.2) is 0 Å². The van der Waals surface area contributed by atoms with Crippen LogP contribution >= 0.6 is 0 Å². The second-order valence-electron chi connectivity index (χ2n) is 7.31. The zero-order valence-electron chi connectivity index (χ0n) is 17.2. The fourth-order valence-electron chi connectivity index (χ4n) is 3.60. The molecule has 1 atom stereocenters. The average molecular weight is 380 g/mol. The zero-order chi connectivity index (χ0) is 20.1. The lowest BCUT2D eigenvalue weighted by atomic mass is 10.1. The highest BCUT2D eigenvalue weighted by Crippen LogP contribution is 2.24. The highest BCUT2D eigenvalue weighted by atomic mass is 16.5. The number of nitrogens with zero attached hydrogens (tertiary/aromatic N) is 2. The summed E-state index contributed by atoms with van der Waals surface area (Å²) in [4.78, 5) is 16.2. The maximum absolute atomic E-state index is 11.5. The molecule has 0 saturated carbocycles. The number of carbonyl (C=O) groups excluding carboxylic acids is 1. The third-order valence-electron chi connectivity index (χ3n) is 4.92. The normalized spacial score (nSPS) is 12.1. The minimum absolute atomic E-state index is 0.0480. The van der Waals surface area contributed by atoms with Gasteiger partial charge in [-0.25, -0.2) is 4.98 Å². The van der Waals surface area contributed by atoms with Crippen molar-refractivity contribution >= 4 is 16.9 Å². The molecule has 0 saturated heterocycles. The lowest BCUT2D eigenvalue weighted by molar-refractivity contribution is -0.119. The van der Waals surface area contributed by atoms with Crippen LogP contribution in [0.25, 0.3) is 11.0 Å².